The lowest BCUT2D eigenvalue weighted by Crippen LogP contribution is -1.87. The average Bonchev–Trinajstić information content (AvgIpc) is 2.99. The molecule has 0 aliphatic rings. The van der Waals surface area contributed by atoms with Gasteiger partial charge in [0.15, 0.2) is 0 Å². The molecule has 0 amide bonds. The van der Waals surface area contributed by atoms with Gasteiger partial charge < -0.3 is 0 Å². The molecule has 0 bridgehead atoms. The Morgan fingerprint density at radius 2 is 0.605 bits per heavy atom. The zero-order chi connectivity index (χ0) is 26.2. The summed E-state index contributed by atoms with van der Waals surface area (Å²) in [7, 11) is 0. The molecule has 184 valence electrons. The fourth-order valence-electron chi connectivity index (χ4n) is 4.10. The van der Waals surface area contributed by atoms with Crippen molar-refractivity contribution in [3.63, 3.8) is 0 Å². The number of halogens is 2. The van der Waals surface area contributed by atoms with E-state index >= 15 is 0 Å². The van der Waals surface area contributed by atoms with Crippen molar-refractivity contribution in [1.29, 1.82) is 0 Å². The first-order valence-corrected chi connectivity index (χ1v) is 13.0. The molecule has 0 atom stereocenters. The standard InChI is InChI=1S/2C17H12ClN/c2*18-17-12-15(13-7-3-1-4-8-13)11-16(19-17)14-9-5-2-6-10-14/h2*1-12H. The maximum atomic E-state index is 6.14. The second kappa shape index (κ2) is 12.3. The molecule has 0 radical (unpaired) electrons. The van der Waals surface area contributed by atoms with Crippen LogP contribution in [0.2, 0.25) is 10.3 Å². The first-order valence-electron chi connectivity index (χ1n) is 12.2. The second-order valence-corrected chi connectivity index (χ2v) is 9.37. The van der Waals surface area contributed by atoms with E-state index < -0.39 is 0 Å². The van der Waals surface area contributed by atoms with Gasteiger partial charge in [-0.1, -0.05) is 145 Å². The highest BCUT2D eigenvalue weighted by molar-refractivity contribution is 6.30. The fraction of sp³-hybridized carbons (Fsp3) is 0. The lowest BCUT2D eigenvalue weighted by molar-refractivity contribution is 1.32. The topological polar surface area (TPSA) is 25.8 Å². The Morgan fingerprint density at radius 1 is 0.316 bits per heavy atom. The van der Waals surface area contributed by atoms with E-state index in [1.165, 1.54) is 0 Å². The Balaban J connectivity index is 0.000000155. The molecule has 4 heteroatoms. The third-order valence-corrected chi connectivity index (χ3v) is 6.33. The zero-order valence-electron chi connectivity index (χ0n) is 20.5. The zero-order valence-corrected chi connectivity index (χ0v) is 22.0. The van der Waals surface area contributed by atoms with Gasteiger partial charge >= 0.3 is 0 Å². The smallest absolute Gasteiger partial charge is 0.130 e. The summed E-state index contributed by atoms with van der Waals surface area (Å²) < 4.78 is 0. The number of benzene rings is 4. The van der Waals surface area contributed by atoms with Crippen molar-refractivity contribution in [2.75, 3.05) is 0 Å². The molecule has 2 nitrogen and oxygen atoms in total. The van der Waals surface area contributed by atoms with Crippen LogP contribution in [0.3, 0.4) is 0 Å². The van der Waals surface area contributed by atoms with Crippen LogP contribution in [0, 0.1) is 0 Å². The van der Waals surface area contributed by atoms with E-state index in [0.717, 1.165) is 44.8 Å². The minimum atomic E-state index is 0.514. The molecule has 0 aliphatic heterocycles. The number of rotatable bonds is 4. The van der Waals surface area contributed by atoms with E-state index in [0.29, 0.717) is 10.3 Å². The molecule has 0 unspecified atom stereocenters. The minimum Gasteiger partial charge on any atom is -0.236 e. The van der Waals surface area contributed by atoms with Gasteiger partial charge in [0.1, 0.15) is 10.3 Å². The van der Waals surface area contributed by atoms with Crippen LogP contribution in [0.4, 0.5) is 0 Å². The van der Waals surface area contributed by atoms with Gasteiger partial charge in [0, 0.05) is 11.1 Å². The molecule has 0 saturated heterocycles. The number of aromatic nitrogens is 2. The summed E-state index contributed by atoms with van der Waals surface area (Å²) in [6.07, 6.45) is 0. The van der Waals surface area contributed by atoms with Gasteiger partial charge in [-0.3, -0.25) is 0 Å². The quantitative estimate of drug-likeness (QED) is 0.212. The predicted octanol–water partition coefficient (Wildman–Crippen LogP) is 10.1. The van der Waals surface area contributed by atoms with Gasteiger partial charge in [0.2, 0.25) is 0 Å². The minimum absolute atomic E-state index is 0.514. The van der Waals surface area contributed by atoms with Crippen molar-refractivity contribution in [1.82, 2.24) is 9.97 Å². The van der Waals surface area contributed by atoms with Crippen LogP contribution in [-0.2, 0) is 0 Å². The van der Waals surface area contributed by atoms with Crippen molar-refractivity contribution in [3.05, 3.63) is 156 Å². The molecule has 0 saturated carbocycles. The van der Waals surface area contributed by atoms with Crippen molar-refractivity contribution < 1.29 is 0 Å². The van der Waals surface area contributed by atoms with E-state index in [4.69, 9.17) is 23.2 Å². The molecule has 0 N–H and O–H groups in total. The Morgan fingerprint density at radius 3 is 0.921 bits per heavy atom. The first kappa shape index (κ1) is 25.4. The third-order valence-electron chi connectivity index (χ3n) is 5.94. The van der Waals surface area contributed by atoms with Gasteiger partial charge in [-0.05, 0) is 46.5 Å². The highest BCUT2D eigenvalue weighted by atomic mass is 35.5. The van der Waals surface area contributed by atoms with Crippen molar-refractivity contribution >= 4 is 23.2 Å². The summed E-state index contributed by atoms with van der Waals surface area (Å²) in [6, 6.07) is 48.4. The summed E-state index contributed by atoms with van der Waals surface area (Å²) in [6.45, 7) is 0. The molecule has 4 aromatic carbocycles. The van der Waals surface area contributed by atoms with Gasteiger partial charge in [-0.2, -0.15) is 0 Å². The highest BCUT2D eigenvalue weighted by Gasteiger charge is 2.06. The van der Waals surface area contributed by atoms with Crippen molar-refractivity contribution in [3.8, 4) is 44.8 Å². The monoisotopic (exact) mass is 530 g/mol. The van der Waals surface area contributed by atoms with Crippen LogP contribution < -0.4 is 0 Å². The largest absolute Gasteiger partial charge is 0.236 e. The lowest BCUT2D eigenvalue weighted by atomic mass is 10.0. The predicted molar refractivity (Wildman–Crippen MR) is 160 cm³/mol. The molecule has 2 heterocycles. The van der Waals surface area contributed by atoms with Gasteiger partial charge in [0.25, 0.3) is 0 Å². The summed E-state index contributed by atoms with van der Waals surface area (Å²) in [5, 5.41) is 1.03. The summed E-state index contributed by atoms with van der Waals surface area (Å²) in [5.41, 5.74) is 8.38. The Kier molecular flexibility index (Phi) is 8.25. The lowest BCUT2D eigenvalue weighted by Gasteiger charge is -2.06. The van der Waals surface area contributed by atoms with Crippen LogP contribution >= 0.6 is 23.2 Å². The maximum Gasteiger partial charge on any atom is 0.130 e. The normalized spacial score (nSPS) is 10.4. The molecule has 0 spiro atoms. The molecule has 0 aliphatic carbocycles. The van der Waals surface area contributed by atoms with E-state index in [-0.39, 0.29) is 0 Å². The molecular formula is C34H24Cl2N2. The SMILES string of the molecule is Clc1cc(-c2ccccc2)cc(-c2ccccc2)n1.Clc1cc(-c2ccccc2)cc(-c2ccccc2)n1. The second-order valence-electron chi connectivity index (χ2n) is 8.59. The Bertz CT molecular complexity index is 1370. The molecular weight excluding hydrogens is 507 g/mol. The van der Waals surface area contributed by atoms with E-state index in [1.807, 2.05) is 109 Å². The first-order chi connectivity index (χ1) is 18.7. The summed E-state index contributed by atoms with van der Waals surface area (Å²) in [5.74, 6) is 0. The van der Waals surface area contributed by atoms with E-state index in [2.05, 4.69) is 46.4 Å². The highest BCUT2D eigenvalue weighted by Crippen LogP contribution is 2.28. The maximum absolute atomic E-state index is 6.14. The molecule has 2 aromatic heterocycles. The molecule has 6 aromatic rings. The Hall–Kier alpha value is -4.24. The number of hydrogen-bond donors (Lipinski definition) is 0. The van der Waals surface area contributed by atoms with Crippen molar-refractivity contribution in [2.24, 2.45) is 0 Å². The van der Waals surface area contributed by atoms with E-state index in [1.54, 1.807) is 0 Å². The van der Waals surface area contributed by atoms with Crippen LogP contribution in [0.25, 0.3) is 44.8 Å². The molecule has 0 fully saturated rings. The van der Waals surface area contributed by atoms with Gasteiger partial charge in [0.05, 0.1) is 11.4 Å². The molecule has 38 heavy (non-hydrogen) atoms. The summed E-state index contributed by atoms with van der Waals surface area (Å²) >= 11 is 12.3. The number of hydrogen-bond acceptors (Lipinski definition) is 2. The average molecular weight is 531 g/mol. The van der Waals surface area contributed by atoms with Crippen LogP contribution in [0.15, 0.2) is 146 Å². The molecule has 6 rings (SSSR count). The Labute approximate surface area is 233 Å². The number of pyridine rings is 2. The van der Waals surface area contributed by atoms with Crippen molar-refractivity contribution in [2.45, 2.75) is 0 Å². The van der Waals surface area contributed by atoms with E-state index in [9.17, 15) is 0 Å². The van der Waals surface area contributed by atoms with Crippen LogP contribution in [0.1, 0.15) is 0 Å². The van der Waals surface area contributed by atoms with Crippen LogP contribution in [-0.4, -0.2) is 9.97 Å². The van der Waals surface area contributed by atoms with Crippen LogP contribution in [0.5, 0.6) is 0 Å². The fourth-order valence-corrected chi connectivity index (χ4v) is 4.52. The summed E-state index contributed by atoms with van der Waals surface area (Å²) in [4.78, 5) is 8.79. The third kappa shape index (κ3) is 6.54. The van der Waals surface area contributed by atoms with Gasteiger partial charge in [-0.15, -0.1) is 0 Å². The van der Waals surface area contributed by atoms with Gasteiger partial charge in [-0.25, -0.2) is 9.97 Å². The number of nitrogens with zero attached hydrogens (tertiary/aromatic N) is 2.